The molecule has 9 heteroatoms. The highest BCUT2D eigenvalue weighted by atomic mass is 32.1. The highest BCUT2D eigenvalue weighted by molar-refractivity contribution is 7.20. The molecule has 27 heavy (non-hydrogen) atoms. The number of amides is 1. The number of rotatable bonds is 6. The lowest BCUT2D eigenvalue weighted by molar-refractivity contribution is 0.103. The molecular weight excluding hydrogens is 373 g/mol. The molecule has 2 heterocycles. The van der Waals surface area contributed by atoms with Crippen molar-refractivity contribution >= 4 is 33.1 Å². The number of thiophene rings is 1. The molecule has 3 aromatic rings. The fourth-order valence-corrected chi connectivity index (χ4v) is 3.58. The fourth-order valence-electron chi connectivity index (χ4n) is 2.54. The molecule has 2 aromatic heterocycles. The van der Waals surface area contributed by atoms with Gasteiger partial charge in [0.05, 0.1) is 23.2 Å². The van der Waals surface area contributed by atoms with E-state index < -0.39 is 11.7 Å². The average Bonchev–Trinajstić information content (AvgIpc) is 2.97. The van der Waals surface area contributed by atoms with Crippen LogP contribution >= 0.6 is 11.3 Å². The van der Waals surface area contributed by atoms with Crippen molar-refractivity contribution in [3.63, 3.8) is 0 Å². The van der Waals surface area contributed by atoms with Crippen LogP contribution in [-0.4, -0.2) is 35.8 Å². The number of nitrogens with one attached hydrogen (secondary N) is 1. The maximum atomic E-state index is 14.1. The quantitative estimate of drug-likeness (QED) is 0.654. The molecule has 1 amide bonds. The van der Waals surface area contributed by atoms with Crippen LogP contribution in [0.4, 0.5) is 10.1 Å². The van der Waals surface area contributed by atoms with E-state index in [9.17, 15) is 14.0 Å². The number of aromatic nitrogens is 2. The summed E-state index contributed by atoms with van der Waals surface area (Å²) in [5.41, 5.74) is 0.631. The number of aryl methyl sites for hydroxylation is 2. The molecule has 1 aromatic carbocycles. The van der Waals surface area contributed by atoms with Gasteiger partial charge in [-0.3, -0.25) is 9.59 Å². The normalized spacial score (nSPS) is 11.0. The van der Waals surface area contributed by atoms with Gasteiger partial charge in [-0.2, -0.15) is 0 Å². The van der Waals surface area contributed by atoms with Crippen LogP contribution in [0.3, 0.4) is 0 Å². The van der Waals surface area contributed by atoms with Crippen LogP contribution in [0, 0.1) is 12.7 Å². The lowest BCUT2D eigenvalue weighted by Crippen LogP contribution is -2.17. The van der Waals surface area contributed by atoms with Gasteiger partial charge < -0.3 is 19.4 Å². The Balaban J connectivity index is 1.82. The van der Waals surface area contributed by atoms with Gasteiger partial charge in [-0.1, -0.05) is 0 Å². The topological polar surface area (TPSA) is 82.4 Å². The highest BCUT2D eigenvalue weighted by Crippen LogP contribution is 2.28. The minimum atomic E-state index is -0.590. The molecule has 0 spiro atoms. The van der Waals surface area contributed by atoms with Gasteiger partial charge in [0.1, 0.15) is 11.4 Å². The predicted octanol–water partition coefficient (Wildman–Crippen LogP) is 2.72. The molecule has 142 valence electrons. The first-order valence-electron chi connectivity index (χ1n) is 8.09. The minimum Gasteiger partial charge on any atom is -0.488 e. The number of anilines is 1. The van der Waals surface area contributed by atoms with Crippen LogP contribution in [0.1, 0.15) is 15.2 Å². The van der Waals surface area contributed by atoms with Crippen molar-refractivity contribution in [2.75, 3.05) is 25.6 Å². The minimum absolute atomic E-state index is 0.0794. The zero-order valence-electron chi connectivity index (χ0n) is 15.0. The van der Waals surface area contributed by atoms with E-state index in [0.29, 0.717) is 27.3 Å². The van der Waals surface area contributed by atoms with Crippen molar-refractivity contribution in [2.45, 2.75) is 6.92 Å². The van der Waals surface area contributed by atoms with E-state index in [1.54, 1.807) is 20.0 Å². The number of hydrogen-bond donors (Lipinski definition) is 1. The summed E-state index contributed by atoms with van der Waals surface area (Å²) < 4.78 is 25.6. The Kier molecular flexibility index (Phi) is 5.52. The van der Waals surface area contributed by atoms with E-state index >= 15 is 0 Å². The van der Waals surface area contributed by atoms with E-state index in [2.05, 4.69) is 10.3 Å². The molecule has 1 N–H and O–H groups in total. The Morgan fingerprint density at radius 1 is 1.37 bits per heavy atom. The summed E-state index contributed by atoms with van der Waals surface area (Å²) in [5.74, 6) is -0.937. The molecule has 0 unspecified atom stereocenters. The summed E-state index contributed by atoms with van der Waals surface area (Å²) in [6, 6.07) is 4.17. The second-order valence-corrected chi connectivity index (χ2v) is 6.84. The Bertz CT molecular complexity index is 1060. The average molecular weight is 391 g/mol. The van der Waals surface area contributed by atoms with E-state index in [-0.39, 0.29) is 23.6 Å². The number of benzene rings is 1. The van der Waals surface area contributed by atoms with E-state index in [1.807, 2.05) is 0 Å². The zero-order valence-corrected chi connectivity index (χ0v) is 15.9. The van der Waals surface area contributed by atoms with Crippen molar-refractivity contribution in [2.24, 2.45) is 7.05 Å². The van der Waals surface area contributed by atoms with E-state index in [1.165, 1.54) is 30.1 Å². The van der Waals surface area contributed by atoms with Gasteiger partial charge in [-0.05, 0) is 24.6 Å². The third-order valence-electron chi connectivity index (χ3n) is 3.95. The van der Waals surface area contributed by atoms with Gasteiger partial charge in [0.15, 0.2) is 11.6 Å². The van der Waals surface area contributed by atoms with Crippen molar-refractivity contribution in [3.05, 3.63) is 51.1 Å². The molecule has 0 aliphatic rings. The van der Waals surface area contributed by atoms with Crippen LogP contribution in [0.15, 0.2) is 29.3 Å². The van der Waals surface area contributed by atoms with Crippen molar-refractivity contribution in [1.82, 2.24) is 9.55 Å². The molecule has 0 aliphatic carbocycles. The Labute approximate surface area is 158 Å². The zero-order chi connectivity index (χ0) is 19.6. The Morgan fingerprint density at radius 3 is 2.85 bits per heavy atom. The lowest BCUT2D eigenvalue weighted by Gasteiger charge is -2.09. The van der Waals surface area contributed by atoms with E-state index in [0.717, 1.165) is 11.3 Å². The summed E-state index contributed by atoms with van der Waals surface area (Å²) in [4.78, 5) is 29.9. The summed E-state index contributed by atoms with van der Waals surface area (Å²) in [5, 5.41) is 3.06. The van der Waals surface area contributed by atoms with Crippen LogP contribution in [0.25, 0.3) is 10.2 Å². The van der Waals surface area contributed by atoms with Gasteiger partial charge in [0.2, 0.25) is 0 Å². The number of nitrogens with zero attached hydrogens (tertiary/aromatic N) is 2. The summed E-state index contributed by atoms with van der Waals surface area (Å²) in [7, 11) is 3.13. The van der Waals surface area contributed by atoms with E-state index in [4.69, 9.17) is 9.47 Å². The molecule has 0 aliphatic heterocycles. The summed E-state index contributed by atoms with van der Waals surface area (Å²) in [6.07, 6.45) is 1.42. The highest BCUT2D eigenvalue weighted by Gasteiger charge is 2.19. The molecule has 3 rings (SSSR count). The van der Waals surface area contributed by atoms with Crippen LogP contribution in [-0.2, 0) is 11.8 Å². The maximum absolute atomic E-state index is 14.1. The Hall–Kier alpha value is -2.78. The van der Waals surface area contributed by atoms with Gasteiger partial charge in [0.25, 0.3) is 11.5 Å². The summed E-state index contributed by atoms with van der Waals surface area (Å²) >= 11 is 1.13. The number of carbonyl (C=O) groups excluding carboxylic acids is 1. The summed E-state index contributed by atoms with van der Waals surface area (Å²) in [6.45, 7) is 2.27. The van der Waals surface area contributed by atoms with Crippen LogP contribution in [0.5, 0.6) is 5.75 Å². The third-order valence-corrected chi connectivity index (χ3v) is 5.15. The van der Waals surface area contributed by atoms with Gasteiger partial charge in [-0.15, -0.1) is 11.3 Å². The number of carbonyl (C=O) groups is 1. The molecule has 0 saturated heterocycles. The fraction of sp³-hybridized carbons (Fsp3) is 0.278. The second kappa shape index (κ2) is 7.85. The first-order chi connectivity index (χ1) is 12.9. The van der Waals surface area contributed by atoms with Crippen LogP contribution in [0.2, 0.25) is 0 Å². The molecule has 7 nitrogen and oxygen atoms in total. The number of ether oxygens (including phenoxy) is 2. The molecule has 0 saturated carbocycles. The van der Waals surface area contributed by atoms with Crippen molar-refractivity contribution in [1.29, 1.82) is 0 Å². The first kappa shape index (κ1) is 19.0. The van der Waals surface area contributed by atoms with Gasteiger partial charge >= 0.3 is 0 Å². The number of fused-ring (bicyclic) bond motifs is 1. The molecular formula is C18H18FN3O4S. The lowest BCUT2D eigenvalue weighted by atomic mass is 10.2. The monoisotopic (exact) mass is 391 g/mol. The molecule has 0 atom stereocenters. The second-order valence-electron chi connectivity index (χ2n) is 5.84. The number of hydrogen-bond acceptors (Lipinski definition) is 6. The van der Waals surface area contributed by atoms with Crippen LogP contribution < -0.4 is 15.6 Å². The molecule has 0 fully saturated rings. The SMILES string of the molecule is COCCOc1ccc(NC(=O)c2sc3ncn(C)c(=O)c3c2C)cc1F. The molecule has 0 bridgehead atoms. The smallest absolute Gasteiger partial charge is 0.266 e. The van der Waals surface area contributed by atoms with Crippen molar-refractivity contribution in [3.8, 4) is 5.75 Å². The maximum Gasteiger partial charge on any atom is 0.266 e. The first-order valence-corrected chi connectivity index (χ1v) is 8.91. The molecule has 0 radical (unpaired) electrons. The van der Waals surface area contributed by atoms with Gasteiger partial charge in [0, 0.05) is 25.9 Å². The standard InChI is InChI=1S/C18H18FN3O4S/c1-10-14-17(20-9-22(2)18(14)24)27-15(10)16(23)21-11-4-5-13(12(19)8-11)26-7-6-25-3/h4-5,8-9H,6-7H2,1-3H3,(H,21,23). The third kappa shape index (κ3) is 3.83. The number of halogens is 1. The number of methoxy groups -OCH3 is 1. The van der Waals surface area contributed by atoms with Gasteiger partial charge in [-0.25, -0.2) is 9.37 Å². The largest absolute Gasteiger partial charge is 0.488 e. The van der Waals surface area contributed by atoms with Crippen molar-refractivity contribution < 1.29 is 18.7 Å². The Morgan fingerprint density at radius 2 is 2.15 bits per heavy atom. The predicted molar refractivity (Wildman–Crippen MR) is 101 cm³/mol.